The van der Waals surface area contributed by atoms with Crippen molar-refractivity contribution in [3.8, 4) is 0 Å². The highest BCUT2D eigenvalue weighted by atomic mass is 16.8. The number of hydrogen-bond acceptors (Lipinski definition) is 18. The molecule has 0 spiro atoms. The Morgan fingerprint density at radius 2 is 1.58 bits per heavy atom. The summed E-state index contributed by atoms with van der Waals surface area (Å²) in [7, 11) is 7.18. The minimum absolute atomic E-state index is 0.00251. The van der Waals surface area contributed by atoms with Gasteiger partial charge in [0.2, 0.25) is 0 Å². The molecule has 18 nitrogen and oxygen atoms in total. The number of cyclic esters (lactones) is 1. The maximum Gasteiger partial charge on any atom is 0.509 e. The largest absolute Gasteiger partial charge is 0.509 e. The van der Waals surface area contributed by atoms with Crippen LogP contribution in [0.25, 0.3) is 0 Å². The van der Waals surface area contributed by atoms with Crippen LogP contribution in [-0.4, -0.2) is 164 Å². The summed E-state index contributed by atoms with van der Waals surface area (Å²) in [5, 5.41) is 12.9. The van der Waals surface area contributed by atoms with E-state index in [2.05, 4.69) is 0 Å². The first kappa shape index (κ1) is 54.3. The lowest BCUT2D eigenvalue weighted by Gasteiger charge is -2.49. The summed E-state index contributed by atoms with van der Waals surface area (Å²) in [6.45, 7) is 19.8. The molecule has 0 aliphatic carbocycles. The van der Waals surface area contributed by atoms with E-state index in [1.54, 1.807) is 34.6 Å². The fourth-order valence-electron chi connectivity index (χ4n) is 10.7. The van der Waals surface area contributed by atoms with Gasteiger partial charge < -0.3 is 62.1 Å². The molecule has 18 atom stereocenters. The van der Waals surface area contributed by atoms with E-state index in [4.69, 9.17) is 52.1 Å². The first-order valence-electron chi connectivity index (χ1n) is 23.7. The monoisotopic (exact) mass is 951 g/mol. The Morgan fingerprint density at radius 1 is 0.910 bits per heavy atom. The number of nitrogens with zero attached hydrogens (tertiary/aromatic N) is 2. The number of rotatable bonds is 11. The average Bonchev–Trinajstić information content (AvgIpc) is 3.57. The Balaban J connectivity index is 1.56. The van der Waals surface area contributed by atoms with E-state index in [0.717, 1.165) is 5.56 Å². The molecule has 380 valence electrons. The maximum atomic E-state index is 14.8. The number of benzene rings is 1. The molecule has 0 saturated carbocycles. The molecule has 18 heteroatoms. The normalized spacial score (nSPS) is 41.4. The van der Waals surface area contributed by atoms with Crippen LogP contribution in [0.15, 0.2) is 30.3 Å². The standard InChI is InChI=1S/C49H78N2O16/c1-16-36-49(11)41(65-46(55)67-49)31(6)51(14)25-27(2)23-47(9,56)40(64-44-39(61-33(8)52)35(50(12)13)22-28(3)59-44)29(4)38(30(5)43(53)62-36)63-37-24-48(10,57-15)42(32(7)60-37)66-45(54)58-26-34-20-18-17-19-21-34/h17-21,27-32,35-42,44,56H,16,22-26H2,1-15H3/t27-,28-,29+,30-,31-,32+,35+,36-,37+,38+,39-,40-,41-,42+,44+,47-,48-,49-/m1/s1. The van der Waals surface area contributed by atoms with Crippen molar-refractivity contribution < 1.29 is 76.4 Å². The van der Waals surface area contributed by atoms with Gasteiger partial charge in [-0.25, -0.2) is 9.59 Å². The van der Waals surface area contributed by atoms with Crippen molar-refractivity contribution in [3.63, 3.8) is 0 Å². The van der Waals surface area contributed by atoms with E-state index in [0.29, 0.717) is 13.0 Å². The number of aliphatic hydroxyl groups is 1. The maximum absolute atomic E-state index is 14.8. The van der Waals surface area contributed by atoms with E-state index in [9.17, 15) is 24.3 Å². The lowest BCUT2D eigenvalue weighted by atomic mass is 9.77. The Kier molecular flexibility index (Phi) is 18.2. The van der Waals surface area contributed by atoms with Gasteiger partial charge in [-0.2, -0.15) is 0 Å². The molecule has 4 aliphatic rings. The van der Waals surface area contributed by atoms with Crippen LogP contribution in [-0.2, 0) is 68.3 Å². The molecule has 0 radical (unpaired) electrons. The van der Waals surface area contributed by atoms with Gasteiger partial charge in [0.25, 0.3) is 0 Å². The number of carbonyl (C=O) groups is 4. The van der Waals surface area contributed by atoms with E-state index in [1.807, 2.05) is 95.9 Å². The summed E-state index contributed by atoms with van der Waals surface area (Å²) in [6, 6.07) is 8.52. The van der Waals surface area contributed by atoms with E-state index in [-0.39, 0.29) is 43.9 Å². The summed E-state index contributed by atoms with van der Waals surface area (Å²) in [6.07, 6.45) is -9.85. The summed E-state index contributed by atoms with van der Waals surface area (Å²) in [4.78, 5) is 57.4. The highest BCUT2D eigenvalue weighted by Crippen LogP contribution is 2.42. The summed E-state index contributed by atoms with van der Waals surface area (Å²) < 4.78 is 68.2. The zero-order valence-corrected chi connectivity index (χ0v) is 42.3. The van der Waals surface area contributed by atoms with Gasteiger partial charge in [0.05, 0.1) is 42.0 Å². The van der Waals surface area contributed by atoms with Gasteiger partial charge in [-0.3, -0.25) is 14.5 Å². The van der Waals surface area contributed by atoms with Crippen molar-refractivity contribution in [1.29, 1.82) is 0 Å². The van der Waals surface area contributed by atoms with Crippen LogP contribution in [0.5, 0.6) is 0 Å². The number of ether oxygens (including phenoxy) is 11. The number of carbonyl (C=O) groups excluding carboxylic acids is 4. The molecule has 4 saturated heterocycles. The van der Waals surface area contributed by atoms with Gasteiger partial charge in [-0.05, 0) is 100 Å². The van der Waals surface area contributed by atoms with Gasteiger partial charge >= 0.3 is 24.2 Å². The highest BCUT2D eigenvalue weighted by molar-refractivity contribution is 5.73. The fraction of sp³-hybridized carbons (Fsp3) is 0.796. The van der Waals surface area contributed by atoms with E-state index >= 15 is 0 Å². The molecule has 4 fully saturated rings. The molecule has 0 unspecified atom stereocenters. The molecule has 0 amide bonds. The molecule has 0 bridgehead atoms. The third-order valence-electron chi connectivity index (χ3n) is 14.3. The molecule has 67 heavy (non-hydrogen) atoms. The smallest absolute Gasteiger partial charge is 0.458 e. The highest BCUT2D eigenvalue weighted by Gasteiger charge is 2.59. The summed E-state index contributed by atoms with van der Waals surface area (Å²) in [5.74, 6) is -3.30. The van der Waals surface area contributed by atoms with E-state index < -0.39 is 114 Å². The van der Waals surface area contributed by atoms with Crippen LogP contribution >= 0.6 is 0 Å². The topological polar surface area (TPSA) is 197 Å². The van der Waals surface area contributed by atoms with Crippen molar-refractivity contribution in [2.24, 2.45) is 17.8 Å². The van der Waals surface area contributed by atoms with Gasteiger partial charge in [0.1, 0.15) is 18.3 Å². The van der Waals surface area contributed by atoms with Crippen LogP contribution in [0.2, 0.25) is 0 Å². The second-order valence-electron chi connectivity index (χ2n) is 20.3. The first-order chi connectivity index (χ1) is 31.3. The van der Waals surface area contributed by atoms with Crippen molar-refractivity contribution in [1.82, 2.24) is 9.80 Å². The Hall–Kier alpha value is -3.62. The first-order valence-corrected chi connectivity index (χ1v) is 23.7. The van der Waals surface area contributed by atoms with Crippen molar-refractivity contribution in [2.75, 3.05) is 34.8 Å². The number of fused-ring (bicyclic) bond motifs is 1. The second kappa shape index (κ2) is 22.4. The zero-order chi connectivity index (χ0) is 49.8. The molecule has 0 aromatic heterocycles. The van der Waals surface area contributed by atoms with Crippen molar-refractivity contribution >= 4 is 24.2 Å². The Morgan fingerprint density at radius 3 is 2.19 bits per heavy atom. The Labute approximate surface area is 396 Å². The molecule has 1 aromatic rings. The van der Waals surface area contributed by atoms with Crippen molar-refractivity contribution in [3.05, 3.63) is 35.9 Å². The van der Waals surface area contributed by atoms with Crippen LogP contribution in [0, 0.1) is 17.8 Å². The summed E-state index contributed by atoms with van der Waals surface area (Å²) >= 11 is 0. The number of likely N-dealkylation sites (N-methyl/N-ethyl adjacent to an activating group) is 2. The third-order valence-corrected chi connectivity index (χ3v) is 14.3. The fourth-order valence-corrected chi connectivity index (χ4v) is 10.7. The van der Waals surface area contributed by atoms with Crippen LogP contribution in [0.4, 0.5) is 9.59 Å². The third kappa shape index (κ3) is 12.8. The molecule has 1 N–H and O–H groups in total. The van der Waals surface area contributed by atoms with Gasteiger partial charge in [-0.1, -0.05) is 51.1 Å². The SMILES string of the molecule is CC[C@H]1OC(=O)[C@H](C)[C@@H](O[C@H]2C[C@@](C)(OC)[C@@H](OC(=O)OCc3ccccc3)[C@H](C)O2)[C@H](C)[C@@H](O[C@@H]2O[C@H](C)C[C@H](N(C)C)[C@H]2OC(C)=O)[C@](C)(O)C[C@@H](C)CN(C)[C@H](C)[C@H]2OC(=O)O[C@@]21C. The predicted octanol–water partition coefficient (Wildman–Crippen LogP) is 6.01. The lowest BCUT2D eigenvalue weighted by Crippen LogP contribution is -2.61. The van der Waals surface area contributed by atoms with Crippen LogP contribution in [0.1, 0.15) is 107 Å². The van der Waals surface area contributed by atoms with E-state index in [1.165, 1.54) is 14.0 Å². The molecular weight excluding hydrogens is 873 g/mol. The average molecular weight is 951 g/mol. The number of esters is 2. The quantitative estimate of drug-likeness (QED) is 0.200. The van der Waals surface area contributed by atoms with Gasteiger partial charge in [0.15, 0.2) is 36.5 Å². The second-order valence-corrected chi connectivity index (χ2v) is 20.3. The van der Waals surface area contributed by atoms with Gasteiger partial charge in [-0.15, -0.1) is 0 Å². The minimum atomic E-state index is -1.64. The lowest BCUT2D eigenvalue weighted by molar-refractivity contribution is -0.319. The van der Waals surface area contributed by atoms with Crippen LogP contribution < -0.4 is 0 Å². The van der Waals surface area contributed by atoms with Crippen LogP contribution in [0.3, 0.4) is 0 Å². The molecule has 4 heterocycles. The summed E-state index contributed by atoms with van der Waals surface area (Å²) in [5.41, 5.74) is -3.39. The molecular formula is C49H78N2O16. The number of hydrogen-bond donors (Lipinski definition) is 1. The molecule has 1 aromatic carbocycles. The zero-order valence-electron chi connectivity index (χ0n) is 42.3. The molecule has 5 rings (SSSR count). The predicted molar refractivity (Wildman–Crippen MR) is 242 cm³/mol. The van der Waals surface area contributed by atoms with Crippen molar-refractivity contribution in [2.45, 2.75) is 199 Å². The van der Waals surface area contributed by atoms with Gasteiger partial charge in [0, 0.05) is 39.0 Å². The number of methoxy groups -OCH3 is 1. The minimum Gasteiger partial charge on any atom is -0.458 e. The Bertz CT molecular complexity index is 1820. The molecule has 4 aliphatic heterocycles.